The molecule has 2 aromatic carbocycles. The van der Waals surface area contributed by atoms with Gasteiger partial charge in [0.25, 0.3) is 0 Å². The molecule has 12 heteroatoms. The van der Waals surface area contributed by atoms with E-state index in [1.807, 2.05) is 0 Å². The fourth-order valence-corrected chi connectivity index (χ4v) is 2.49. The normalized spacial score (nSPS) is 11.8. The van der Waals surface area contributed by atoms with Gasteiger partial charge in [0.05, 0.1) is 5.56 Å². The smallest absolute Gasteiger partial charge is 0.489 e. The van der Waals surface area contributed by atoms with Crippen LogP contribution >= 0.6 is 0 Å². The maximum atomic E-state index is 13.3. The Morgan fingerprint density at radius 1 is 0.967 bits per heavy atom. The molecule has 0 aliphatic rings. The van der Waals surface area contributed by atoms with Gasteiger partial charge in [0.2, 0.25) is 0 Å². The van der Waals surface area contributed by atoms with Crippen LogP contribution in [-0.4, -0.2) is 21.8 Å². The number of rotatable bonds is 5. The van der Waals surface area contributed by atoms with Crippen LogP contribution in [0.2, 0.25) is 0 Å². The summed E-state index contributed by atoms with van der Waals surface area (Å²) in [4.78, 5) is 0. The fourth-order valence-electron chi connectivity index (χ4n) is 2.49. The van der Waals surface area contributed by atoms with Gasteiger partial charge >= 0.3 is 12.5 Å². The molecule has 0 aliphatic heterocycles. The lowest BCUT2D eigenvalue weighted by Crippen LogP contribution is -2.17. The highest BCUT2D eigenvalue weighted by Crippen LogP contribution is 2.36. The van der Waals surface area contributed by atoms with Gasteiger partial charge in [0, 0.05) is 5.56 Å². The van der Waals surface area contributed by atoms with Gasteiger partial charge in [-0.1, -0.05) is 12.1 Å². The Bertz CT molecular complexity index is 1090. The highest BCUT2D eigenvalue weighted by atomic mass is 19.4. The number of nitrogens with one attached hydrogen (secondary N) is 1. The van der Waals surface area contributed by atoms with Crippen LogP contribution in [0.1, 0.15) is 16.8 Å². The van der Waals surface area contributed by atoms with E-state index in [9.17, 15) is 26.3 Å². The van der Waals surface area contributed by atoms with Crippen molar-refractivity contribution in [2.24, 2.45) is 0 Å². The minimum atomic E-state index is -4.88. The molecule has 3 aromatic rings. The molecule has 0 unspecified atom stereocenters. The molecular formula is C18H10F6N4O2. The molecule has 0 bridgehead atoms. The summed E-state index contributed by atoms with van der Waals surface area (Å²) in [5, 5.41) is 18.4. The molecule has 156 valence electrons. The summed E-state index contributed by atoms with van der Waals surface area (Å²) in [6, 6.07) is 9.25. The minimum Gasteiger partial charge on any atom is -0.489 e. The van der Waals surface area contributed by atoms with Gasteiger partial charge < -0.3 is 9.47 Å². The number of hydrogen-bond donors (Lipinski definition) is 1. The summed E-state index contributed by atoms with van der Waals surface area (Å²) in [6.45, 7) is -0.334. The Labute approximate surface area is 164 Å². The van der Waals surface area contributed by atoms with Crippen molar-refractivity contribution in [3.05, 3.63) is 59.3 Å². The van der Waals surface area contributed by atoms with Gasteiger partial charge in [0.1, 0.15) is 29.9 Å². The highest BCUT2D eigenvalue weighted by Gasteiger charge is 2.32. The molecule has 0 fully saturated rings. The molecule has 3 rings (SSSR count). The number of hydrogen-bond acceptors (Lipinski definition) is 5. The van der Waals surface area contributed by atoms with Crippen molar-refractivity contribution < 1.29 is 35.8 Å². The standard InChI is InChI=1S/C18H10F6N4O2/c19-17(20,21)12-5-11(16-15(8-25)26-28-27-16)6-14(7-12)29-9-10-2-1-3-13(4-10)30-18(22,23)24/h1-7H,9H2,(H,26,27,28). The maximum Gasteiger partial charge on any atom is 0.573 e. The third-order valence-electron chi connectivity index (χ3n) is 3.70. The van der Waals surface area contributed by atoms with Crippen molar-refractivity contribution in [3.63, 3.8) is 0 Å². The largest absolute Gasteiger partial charge is 0.573 e. The zero-order valence-corrected chi connectivity index (χ0v) is 14.7. The van der Waals surface area contributed by atoms with Crippen LogP contribution in [0.4, 0.5) is 26.3 Å². The minimum absolute atomic E-state index is 0.0701. The number of alkyl halides is 6. The van der Waals surface area contributed by atoms with Gasteiger partial charge in [-0.05, 0) is 35.9 Å². The second kappa shape index (κ2) is 7.94. The highest BCUT2D eigenvalue weighted by molar-refractivity contribution is 5.67. The third kappa shape index (κ3) is 5.19. The molecule has 0 saturated carbocycles. The van der Waals surface area contributed by atoms with E-state index in [4.69, 9.17) is 10.00 Å². The summed E-state index contributed by atoms with van der Waals surface area (Å²) in [5.41, 5.74) is -1.21. The lowest BCUT2D eigenvalue weighted by atomic mass is 10.1. The number of benzene rings is 2. The summed E-state index contributed by atoms with van der Waals surface area (Å²) in [7, 11) is 0. The zero-order valence-electron chi connectivity index (χ0n) is 14.7. The van der Waals surface area contributed by atoms with Gasteiger partial charge in [-0.15, -0.1) is 18.3 Å². The molecule has 0 saturated heterocycles. The molecule has 30 heavy (non-hydrogen) atoms. The predicted molar refractivity (Wildman–Crippen MR) is 89.0 cm³/mol. The van der Waals surface area contributed by atoms with Crippen molar-refractivity contribution in [1.82, 2.24) is 15.4 Å². The van der Waals surface area contributed by atoms with Crippen molar-refractivity contribution in [1.29, 1.82) is 5.26 Å². The van der Waals surface area contributed by atoms with Crippen molar-refractivity contribution in [2.75, 3.05) is 0 Å². The van der Waals surface area contributed by atoms with Crippen LogP contribution in [0.5, 0.6) is 11.5 Å². The summed E-state index contributed by atoms with van der Waals surface area (Å²) in [6.07, 6.45) is -9.60. The Kier molecular flexibility index (Phi) is 5.55. The van der Waals surface area contributed by atoms with E-state index in [0.717, 1.165) is 24.3 Å². The quantitative estimate of drug-likeness (QED) is 0.588. The SMILES string of the molecule is N#Cc1n[nH]nc1-c1cc(OCc2cccc(OC(F)(F)F)c2)cc(C(F)(F)F)c1. The molecule has 6 nitrogen and oxygen atoms in total. The first-order valence-corrected chi connectivity index (χ1v) is 8.06. The number of nitrogens with zero attached hydrogens (tertiary/aromatic N) is 3. The second-order valence-electron chi connectivity index (χ2n) is 5.86. The number of nitriles is 1. The number of H-pyrrole nitrogens is 1. The van der Waals surface area contributed by atoms with Crippen LogP contribution in [-0.2, 0) is 12.8 Å². The van der Waals surface area contributed by atoms with Crippen molar-refractivity contribution >= 4 is 0 Å². The van der Waals surface area contributed by atoms with Gasteiger partial charge in [0.15, 0.2) is 5.69 Å². The van der Waals surface area contributed by atoms with Crippen molar-refractivity contribution in [2.45, 2.75) is 19.1 Å². The molecule has 0 radical (unpaired) electrons. The van der Waals surface area contributed by atoms with Crippen LogP contribution in [0.15, 0.2) is 42.5 Å². The van der Waals surface area contributed by atoms with Gasteiger partial charge in [-0.25, -0.2) is 0 Å². The van der Waals surface area contributed by atoms with E-state index in [0.29, 0.717) is 0 Å². The van der Waals surface area contributed by atoms with E-state index in [1.54, 1.807) is 6.07 Å². The molecule has 0 atom stereocenters. The molecule has 0 amide bonds. The fraction of sp³-hybridized carbons (Fsp3) is 0.167. The van der Waals surface area contributed by atoms with Gasteiger partial charge in [-0.2, -0.15) is 28.7 Å². The Morgan fingerprint density at radius 3 is 2.40 bits per heavy atom. The van der Waals surface area contributed by atoms with Crippen LogP contribution in [0, 0.1) is 11.3 Å². The topological polar surface area (TPSA) is 83.8 Å². The summed E-state index contributed by atoms with van der Waals surface area (Å²) >= 11 is 0. The average molecular weight is 428 g/mol. The maximum absolute atomic E-state index is 13.3. The first-order valence-electron chi connectivity index (χ1n) is 8.06. The number of halogens is 6. The third-order valence-corrected chi connectivity index (χ3v) is 3.70. The van der Waals surface area contributed by atoms with Gasteiger partial charge in [-0.3, -0.25) is 0 Å². The molecule has 1 N–H and O–H groups in total. The van der Waals surface area contributed by atoms with E-state index in [-0.39, 0.29) is 34.9 Å². The first-order chi connectivity index (χ1) is 14.0. The second-order valence-corrected chi connectivity index (χ2v) is 5.86. The molecule has 1 aromatic heterocycles. The van der Waals surface area contributed by atoms with Crippen LogP contribution in [0.3, 0.4) is 0 Å². The van der Waals surface area contributed by atoms with Crippen LogP contribution in [0.25, 0.3) is 11.3 Å². The van der Waals surface area contributed by atoms with Crippen molar-refractivity contribution in [3.8, 4) is 28.8 Å². The number of aromatic amines is 1. The first kappa shape index (κ1) is 21.0. The van der Waals surface area contributed by atoms with E-state index < -0.39 is 23.9 Å². The Hall–Kier alpha value is -3.75. The zero-order chi connectivity index (χ0) is 21.9. The number of ether oxygens (including phenoxy) is 2. The number of aromatic nitrogens is 3. The summed E-state index contributed by atoms with van der Waals surface area (Å²) in [5.74, 6) is -0.719. The Morgan fingerprint density at radius 2 is 1.73 bits per heavy atom. The molecule has 0 aliphatic carbocycles. The van der Waals surface area contributed by atoms with Crippen LogP contribution < -0.4 is 9.47 Å². The molecule has 1 heterocycles. The Balaban J connectivity index is 1.88. The molecule has 0 spiro atoms. The van der Waals surface area contributed by atoms with E-state index >= 15 is 0 Å². The molecular weight excluding hydrogens is 418 g/mol. The van der Waals surface area contributed by atoms with E-state index in [1.165, 1.54) is 18.2 Å². The predicted octanol–water partition coefficient (Wildman–Crippen LogP) is 4.84. The average Bonchev–Trinajstić information content (AvgIpc) is 3.13. The van der Waals surface area contributed by atoms with E-state index in [2.05, 4.69) is 20.1 Å². The monoisotopic (exact) mass is 428 g/mol. The summed E-state index contributed by atoms with van der Waals surface area (Å²) < 4.78 is 85.9. The lowest BCUT2D eigenvalue weighted by Gasteiger charge is -2.13. The lowest BCUT2D eigenvalue weighted by molar-refractivity contribution is -0.274.